The lowest BCUT2D eigenvalue weighted by atomic mass is 10.2. The molecule has 0 unspecified atom stereocenters. The first-order valence-corrected chi connectivity index (χ1v) is 10.9. The minimum absolute atomic E-state index is 0.0175. The minimum Gasteiger partial charge on any atom is -0.355 e. The van der Waals surface area contributed by atoms with E-state index in [9.17, 15) is 13.2 Å². The van der Waals surface area contributed by atoms with Gasteiger partial charge in [-0.25, -0.2) is 8.42 Å². The lowest BCUT2D eigenvalue weighted by Gasteiger charge is -2.17. The van der Waals surface area contributed by atoms with Gasteiger partial charge < -0.3 is 5.32 Å². The molecule has 1 amide bonds. The van der Waals surface area contributed by atoms with Crippen molar-refractivity contribution in [1.29, 1.82) is 0 Å². The molecule has 0 saturated heterocycles. The monoisotopic (exact) mass is 392 g/mol. The van der Waals surface area contributed by atoms with E-state index in [1.807, 2.05) is 37.3 Å². The van der Waals surface area contributed by atoms with Crippen LogP contribution < -0.4 is 5.32 Å². The number of thioether (sulfide) groups is 1. The van der Waals surface area contributed by atoms with Crippen LogP contribution in [-0.4, -0.2) is 38.0 Å². The second-order valence-corrected chi connectivity index (χ2v) is 8.95. The summed E-state index contributed by atoms with van der Waals surface area (Å²) in [7, 11) is -1.98. The van der Waals surface area contributed by atoms with Crippen molar-refractivity contribution < 1.29 is 13.2 Å². The molecule has 2 rings (SSSR count). The normalized spacial score (nSPS) is 11.5. The Morgan fingerprint density at radius 1 is 1.08 bits per heavy atom. The van der Waals surface area contributed by atoms with Gasteiger partial charge in [0.05, 0.1) is 10.6 Å². The first-order chi connectivity index (χ1) is 12.4. The summed E-state index contributed by atoms with van der Waals surface area (Å²) in [4.78, 5) is 12.7. The first-order valence-electron chi connectivity index (χ1n) is 8.43. The van der Waals surface area contributed by atoms with E-state index in [1.165, 1.54) is 16.1 Å². The second kappa shape index (κ2) is 9.75. The SMILES string of the molecule is CCCNC(=O)CSc1ccc(S(=O)(=O)N(C)Cc2ccccc2)cc1. The summed E-state index contributed by atoms with van der Waals surface area (Å²) in [6.07, 6.45) is 0.902. The van der Waals surface area contributed by atoms with Gasteiger partial charge in [-0.05, 0) is 36.2 Å². The van der Waals surface area contributed by atoms with Crippen LogP contribution in [0, 0.1) is 0 Å². The highest BCUT2D eigenvalue weighted by Gasteiger charge is 2.20. The molecular formula is C19H24N2O3S2. The predicted molar refractivity (Wildman–Crippen MR) is 106 cm³/mol. The maximum absolute atomic E-state index is 12.7. The Bertz CT molecular complexity index is 806. The van der Waals surface area contributed by atoms with Gasteiger partial charge in [0.1, 0.15) is 0 Å². The lowest BCUT2D eigenvalue weighted by molar-refractivity contribution is -0.118. The minimum atomic E-state index is -3.55. The van der Waals surface area contributed by atoms with Crippen molar-refractivity contribution in [1.82, 2.24) is 9.62 Å². The van der Waals surface area contributed by atoms with E-state index in [0.29, 0.717) is 18.8 Å². The fraction of sp³-hybridized carbons (Fsp3) is 0.316. The molecule has 0 aliphatic carbocycles. The molecule has 0 atom stereocenters. The summed E-state index contributed by atoms with van der Waals surface area (Å²) < 4.78 is 26.7. The van der Waals surface area contributed by atoms with E-state index < -0.39 is 10.0 Å². The Kier molecular flexibility index (Phi) is 7.68. The summed E-state index contributed by atoms with van der Waals surface area (Å²) in [5, 5.41) is 2.81. The van der Waals surface area contributed by atoms with Crippen molar-refractivity contribution in [2.24, 2.45) is 0 Å². The smallest absolute Gasteiger partial charge is 0.243 e. The molecule has 0 radical (unpaired) electrons. The summed E-state index contributed by atoms with van der Waals surface area (Å²) in [5.41, 5.74) is 0.934. The van der Waals surface area contributed by atoms with Crippen molar-refractivity contribution >= 4 is 27.7 Å². The zero-order chi connectivity index (χ0) is 19.0. The van der Waals surface area contributed by atoms with Crippen LogP contribution in [0.3, 0.4) is 0 Å². The van der Waals surface area contributed by atoms with Gasteiger partial charge in [0.15, 0.2) is 0 Å². The highest BCUT2D eigenvalue weighted by Crippen LogP contribution is 2.22. The third kappa shape index (κ3) is 5.86. The molecule has 2 aromatic carbocycles. The molecule has 0 fully saturated rings. The molecule has 7 heteroatoms. The Morgan fingerprint density at radius 2 is 1.73 bits per heavy atom. The first kappa shape index (κ1) is 20.5. The highest BCUT2D eigenvalue weighted by atomic mass is 32.2. The van der Waals surface area contributed by atoms with Crippen LogP contribution in [-0.2, 0) is 21.4 Å². The average molecular weight is 393 g/mol. The van der Waals surface area contributed by atoms with Crippen molar-refractivity contribution in [2.45, 2.75) is 29.7 Å². The number of hydrogen-bond donors (Lipinski definition) is 1. The summed E-state index contributed by atoms with van der Waals surface area (Å²) in [5.74, 6) is 0.302. The van der Waals surface area contributed by atoms with Crippen molar-refractivity contribution in [2.75, 3.05) is 19.3 Å². The van der Waals surface area contributed by atoms with E-state index >= 15 is 0 Å². The summed E-state index contributed by atoms with van der Waals surface area (Å²) in [6.45, 7) is 2.99. The van der Waals surface area contributed by atoms with Gasteiger partial charge in [0, 0.05) is 25.0 Å². The van der Waals surface area contributed by atoms with Crippen LogP contribution in [0.1, 0.15) is 18.9 Å². The standard InChI is InChI=1S/C19H24N2O3S2/c1-3-13-20-19(22)15-25-17-9-11-18(12-10-17)26(23,24)21(2)14-16-7-5-4-6-8-16/h4-12H,3,13-15H2,1-2H3,(H,20,22). The van der Waals surface area contributed by atoms with Gasteiger partial charge in [0.2, 0.25) is 15.9 Å². The Balaban J connectivity index is 1.98. The van der Waals surface area contributed by atoms with Crippen molar-refractivity contribution in [3.8, 4) is 0 Å². The Hall–Kier alpha value is -1.83. The van der Waals surface area contributed by atoms with E-state index in [-0.39, 0.29) is 10.8 Å². The highest BCUT2D eigenvalue weighted by molar-refractivity contribution is 8.00. The van der Waals surface area contributed by atoms with Crippen LogP contribution in [0.4, 0.5) is 0 Å². The fourth-order valence-corrected chi connectivity index (χ4v) is 4.16. The lowest BCUT2D eigenvalue weighted by Crippen LogP contribution is -2.26. The molecule has 140 valence electrons. The number of carbonyl (C=O) groups is 1. The van der Waals surface area contributed by atoms with Crippen LogP contribution in [0.2, 0.25) is 0 Å². The quantitative estimate of drug-likeness (QED) is 0.666. The molecule has 2 aromatic rings. The zero-order valence-corrected chi connectivity index (χ0v) is 16.6. The maximum atomic E-state index is 12.7. The molecule has 0 saturated carbocycles. The molecule has 0 aliphatic rings. The number of carbonyl (C=O) groups excluding carboxylic acids is 1. The molecule has 0 heterocycles. The number of sulfonamides is 1. The van der Waals surface area contributed by atoms with Crippen LogP contribution in [0.25, 0.3) is 0 Å². The number of hydrogen-bond acceptors (Lipinski definition) is 4. The van der Waals surface area contributed by atoms with Crippen LogP contribution in [0.15, 0.2) is 64.4 Å². The average Bonchev–Trinajstić information content (AvgIpc) is 2.65. The van der Waals surface area contributed by atoms with Gasteiger partial charge in [-0.2, -0.15) is 4.31 Å². The maximum Gasteiger partial charge on any atom is 0.243 e. The van der Waals surface area contributed by atoms with E-state index in [4.69, 9.17) is 0 Å². The van der Waals surface area contributed by atoms with Gasteiger partial charge in [-0.3, -0.25) is 4.79 Å². The van der Waals surface area contributed by atoms with Gasteiger partial charge in [0.25, 0.3) is 0 Å². The molecule has 0 aliphatic heterocycles. The van der Waals surface area contributed by atoms with Crippen LogP contribution in [0.5, 0.6) is 0 Å². The Labute approximate surface area is 159 Å². The molecule has 0 bridgehead atoms. The van der Waals surface area contributed by atoms with Gasteiger partial charge >= 0.3 is 0 Å². The predicted octanol–water partition coefficient (Wildman–Crippen LogP) is 3.13. The summed E-state index contributed by atoms with van der Waals surface area (Å²) in [6, 6.07) is 16.1. The molecule has 0 spiro atoms. The number of nitrogens with zero attached hydrogens (tertiary/aromatic N) is 1. The van der Waals surface area contributed by atoms with Gasteiger partial charge in [-0.1, -0.05) is 37.3 Å². The topological polar surface area (TPSA) is 66.5 Å². The zero-order valence-electron chi connectivity index (χ0n) is 15.0. The number of nitrogens with one attached hydrogen (secondary N) is 1. The molecular weight excluding hydrogens is 368 g/mol. The summed E-state index contributed by atoms with van der Waals surface area (Å²) >= 11 is 1.39. The number of amides is 1. The third-order valence-electron chi connectivity index (χ3n) is 3.72. The largest absolute Gasteiger partial charge is 0.355 e. The second-order valence-electron chi connectivity index (χ2n) is 5.86. The molecule has 5 nitrogen and oxygen atoms in total. The number of benzene rings is 2. The van der Waals surface area contributed by atoms with Gasteiger partial charge in [-0.15, -0.1) is 11.8 Å². The Morgan fingerprint density at radius 3 is 2.35 bits per heavy atom. The molecule has 26 heavy (non-hydrogen) atoms. The van der Waals surface area contributed by atoms with Crippen molar-refractivity contribution in [3.05, 3.63) is 60.2 Å². The van der Waals surface area contributed by atoms with E-state index in [1.54, 1.807) is 31.3 Å². The van der Waals surface area contributed by atoms with E-state index in [0.717, 1.165) is 16.9 Å². The van der Waals surface area contributed by atoms with Crippen LogP contribution >= 0.6 is 11.8 Å². The van der Waals surface area contributed by atoms with E-state index in [2.05, 4.69) is 5.32 Å². The molecule has 0 aromatic heterocycles. The molecule has 1 N–H and O–H groups in total. The fourth-order valence-electron chi connectivity index (χ4n) is 2.28. The third-order valence-corrected chi connectivity index (χ3v) is 6.55. The van der Waals surface area contributed by atoms with Crippen molar-refractivity contribution in [3.63, 3.8) is 0 Å². The number of rotatable bonds is 9.